The van der Waals surface area contributed by atoms with Gasteiger partial charge >= 0.3 is 5.97 Å². The van der Waals surface area contributed by atoms with Gasteiger partial charge in [-0.25, -0.2) is 0 Å². The first-order valence-corrected chi connectivity index (χ1v) is 31.1. The van der Waals surface area contributed by atoms with Gasteiger partial charge in [0.2, 0.25) is 5.91 Å². The van der Waals surface area contributed by atoms with Gasteiger partial charge in [-0.2, -0.15) is 0 Å². The largest absolute Gasteiger partial charge is 0.466 e. The van der Waals surface area contributed by atoms with Crippen molar-refractivity contribution in [2.75, 3.05) is 13.2 Å². The lowest BCUT2D eigenvalue weighted by atomic mass is 10.0. The van der Waals surface area contributed by atoms with Crippen molar-refractivity contribution in [3.8, 4) is 0 Å². The van der Waals surface area contributed by atoms with Crippen LogP contribution in [-0.2, 0) is 14.3 Å². The van der Waals surface area contributed by atoms with Gasteiger partial charge in [0.15, 0.2) is 0 Å². The first-order valence-electron chi connectivity index (χ1n) is 31.1. The van der Waals surface area contributed by atoms with Crippen molar-refractivity contribution in [2.45, 2.75) is 353 Å². The second-order valence-electron chi connectivity index (χ2n) is 21.4. The fourth-order valence-electron chi connectivity index (χ4n) is 9.69. The van der Waals surface area contributed by atoms with E-state index in [9.17, 15) is 19.8 Å². The molecule has 2 unspecified atom stereocenters. The summed E-state index contributed by atoms with van der Waals surface area (Å²) in [6.07, 6.45) is 72.3. The lowest BCUT2D eigenvalue weighted by Gasteiger charge is -2.20. The Bertz CT molecular complexity index is 1080. The summed E-state index contributed by atoms with van der Waals surface area (Å²) in [6.45, 7) is 4.91. The zero-order valence-electron chi connectivity index (χ0n) is 46.6. The van der Waals surface area contributed by atoms with Crippen LogP contribution in [0.4, 0.5) is 0 Å². The average molecular weight is 973 g/mol. The third-order valence-corrected chi connectivity index (χ3v) is 14.5. The number of carbonyl (C=O) groups is 2. The monoisotopic (exact) mass is 972 g/mol. The molecule has 0 rings (SSSR count). The molecule has 0 aliphatic carbocycles. The van der Waals surface area contributed by atoms with Crippen LogP contribution < -0.4 is 5.32 Å². The number of aliphatic hydroxyl groups excluding tert-OH is 2. The minimum Gasteiger partial charge on any atom is -0.466 e. The van der Waals surface area contributed by atoms with E-state index in [0.29, 0.717) is 19.4 Å². The van der Waals surface area contributed by atoms with Crippen molar-refractivity contribution in [3.05, 3.63) is 24.3 Å². The summed E-state index contributed by atoms with van der Waals surface area (Å²) in [6, 6.07) is -0.625. The number of aliphatic hydroxyl groups is 2. The smallest absolute Gasteiger partial charge is 0.305 e. The Morgan fingerprint density at radius 1 is 0.391 bits per heavy atom. The number of amides is 1. The molecule has 0 aromatic carbocycles. The highest BCUT2D eigenvalue weighted by Gasteiger charge is 2.18. The van der Waals surface area contributed by atoms with Gasteiger partial charge in [0.05, 0.1) is 25.4 Å². The number of nitrogens with one attached hydrogen (secondary N) is 1. The van der Waals surface area contributed by atoms with Crippen LogP contribution in [0.5, 0.6) is 0 Å². The molecule has 0 saturated carbocycles. The third kappa shape index (κ3) is 55.5. The predicted molar refractivity (Wildman–Crippen MR) is 301 cm³/mol. The van der Waals surface area contributed by atoms with Crippen molar-refractivity contribution in [3.63, 3.8) is 0 Å². The molecule has 6 heteroatoms. The fourth-order valence-corrected chi connectivity index (χ4v) is 9.69. The zero-order valence-corrected chi connectivity index (χ0v) is 46.6. The maximum atomic E-state index is 12.4. The first-order chi connectivity index (χ1) is 34.0. The Balaban J connectivity index is 3.37. The summed E-state index contributed by atoms with van der Waals surface area (Å²) in [5.74, 6) is -0.0508. The lowest BCUT2D eigenvalue weighted by Crippen LogP contribution is -2.45. The van der Waals surface area contributed by atoms with Gasteiger partial charge < -0.3 is 20.3 Å². The van der Waals surface area contributed by atoms with Gasteiger partial charge in [-0.1, -0.05) is 295 Å². The summed E-state index contributed by atoms with van der Waals surface area (Å²) < 4.78 is 5.47. The van der Waals surface area contributed by atoms with Crippen molar-refractivity contribution >= 4 is 11.9 Å². The van der Waals surface area contributed by atoms with Crippen LogP contribution in [0.2, 0.25) is 0 Å². The molecule has 2 atom stereocenters. The van der Waals surface area contributed by atoms with Gasteiger partial charge in [-0.3, -0.25) is 9.59 Å². The molecule has 0 heterocycles. The quantitative estimate of drug-likeness (QED) is 0.0321. The molecule has 0 aliphatic heterocycles. The Morgan fingerprint density at radius 2 is 0.681 bits per heavy atom. The Kier molecular flexibility index (Phi) is 57.5. The zero-order chi connectivity index (χ0) is 50.0. The van der Waals surface area contributed by atoms with E-state index in [1.165, 1.54) is 276 Å². The molecular formula is C63H121NO5. The van der Waals surface area contributed by atoms with E-state index in [2.05, 4.69) is 31.3 Å². The van der Waals surface area contributed by atoms with Crippen LogP contribution >= 0.6 is 0 Å². The number of rotatable bonds is 58. The van der Waals surface area contributed by atoms with Crippen molar-refractivity contribution in [2.24, 2.45) is 0 Å². The minimum atomic E-state index is -0.842. The highest BCUT2D eigenvalue weighted by Crippen LogP contribution is 2.17. The fraction of sp³-hybridized carbons (Fsp3) is 0.905. The Hall–Kier alpha value is -1.66. The summed E-state index contributed by atoms with van der Waals surface area (Å²) in [7, 11) is 0. The van der Waals surface area contributed by atoms with E-state index >= 15 is 0 Å². The van der Waals surface area contributed by atoms with Crippen LogP contribution in [-0.4, -0.2) is 47.4 Å². The molecule has 0 aromatic rings. The number of hydrogen-bond donors (Lipinski definition) is 3. The molecule has 0 spiro atoms. The molecule has 0 radical (unpaired) electrons. The van der Waals surface area contributed by atoms with E-state index in [1.807, 2.05) is 6.08 Å². The number of esters is 1. The number of hydrogen-bond acceptors (Lipinski definition) is 5. The Labute approximate surface area is 431 Å². The van der Waals surface area contributed by atoms with Crippen LogP contribution in [0.15, 0.2) is 24.3 Å². The minimum absolute atomic E-state index is 0.0159. The van der Waals surface area contributed by atoms with Crippen molar-refractivity contribution in [1.82, 2.24) is 5.32 Å². The van der Waals surface area contributed by atoms with Crippen molar-refractivity contribution < 1.29 is 24.5 Å². The number of ether oxygens (including phenoxy) is 1. The van der Waals surface area contributed by atoms with E-state index < -0.39 is 12.1 Å². The van der Waals surface area contributed by atoms with Crippen LogP contribution in [0.1, 0.15) is 341 Å². The summed E-state index contributed by atoms with van der Waals surface area (Å²) in [5, 5.41) is 23.1. The SMILES string of the molecule is CCCCCCCCCCCC/C=C/C(O)C(CO)NC(=O)CCCCCCCCCCCCCCC/C=C\CCCCCCCCCCCCCCOC(=O)CCCCCCCCCCCCC. The van der Waals surface area contributed by atoms with E-state index in [4.69, 9.17) is 4.74 Å². The van der Waals surface area contributed by atoms with Gasteiger partial charge in [0.1, 0.15) is 0 Å². The second kappa shape index (κ2) is 58.9. The lowest BCUT2D eigenvalue weighted by molar-refractivity contribution is -0.143. The van der Waals surface area contributed by atoms with Crippen LogP contribution in [0, 0.1) is 0 Å². The molecule has 6 nitrogen and oxygen atoms in total. The van der Waals surface area contributed by atoms with Gasteiger partial charge in [0.25, 0.3) is 0 Å². The highest BCUT2D eigenvalue weighted by molar-refractivity contribution is 5.76. The van der Waals surface area contributed by atoms with Gasteiger partial charge in [-0.15, -0.1) is 0 Å². The maximum absolute atomic E-state index is 12.4. The summed E-state index contributed by atoms with van der Waals surface area (Å²) in [5.41, 5.74) is 0. The number of carbonyl (C=O) groups excluding carboxylic acids is 2. The summed E-state index contributed by atoms with van der Waals surface area (Å²) >= 11 is 0. The number of allylic oxidation sites excluding steroid dienone is 3. The molecular weight excluding hydrogens is 851 g/mol. The molecule has 0 aromatic heterocycles. The number of unbranched alkanes of at least 4 members (excludes halogenated alkanes) is 45. The normalized spacial score (nSPS) is 12.7. The predicted octanol–water partition coefficient (Wildman–Crippen LogP) is 19.4. The average Bonchev–Trinajstić information content (AvgIpc) is 3.35. The van der Waals surface area contributed by atoms with Crippen molar-refractivity contribution in [1.29, 1.82) is 0 Å². The standard InChI is InChI=1S/C63H121NO5/c1-3-5-7-9-11-13-15-36-39-43-47-51-55-61(66)60(59-65)64-62(67)56-52-48-44-40-37-33-31-29-27-25-23-21-19-17-16-18-20-22-24-26-28-30-32-34-38-42-46-50-54-58-69-63(68)57-53-49-45-41-35-14-12-10-8-6-4-2/h16,18,51,55,60-61,65-66H,3-15,17,19-50,52-54,56-59H2,1-2H3,(H,64,67)/b18-16-,55-51+. The molecule has 0 bridgehead atoms. The molecule has 408 valence electrons. The molecule has 3 N–H and O–H groups in total. The van der Waals surface area contributed by atoms with E-state index in [1.54, 1.807) is 6.08 Å². The molecule has 69 heavy (non-hydrogen) atoms. The molecule has 0 fully saturated rings. The topological polar surface area (TPSA) is 95.9 Å². The maximum Gasteiger partial charge on any atom is 0.305 e. The molecule has 0 aliphatic rings. The van der Waals surface area contributed by atoms with Gasteiger partial charge in [0, 0.05) is 12.8 Å². The Morgan fingerprint density at radius 3 is 1.03 bits per heavy atom. The van der Waals surface area contributed by atoms with Gasteiger partial charge in [-0.05, 0) is 57.8 Å². The van der Waals surface area contributed by atoms with Crippen LogP contribution in [0.25, 0.3) is 0 Å². The van der Waals surface area contributed by atoms with E-state index in [-0.39, 0.29) is 18.5 Å². The van der Waals surface area contributed by atoms with E-state index in [0.717, 1.165) is 38.5 Å². The van der Waals surface area contributed by atoms with Crippen LogP contribution in [0.3, 0.4) is 0 Å². The summed E-state index contributed by atoms with van der Waals surface area (Å²) in [4.78, 5) is 24.4. The second-order valence-corrected chi connectivity index (χ2v) is 21.4. The molecule has 1 amide bonds. The third-order valence-electron chi connectivity index (χ3n) is 14.5. The highest BCUT2D eigenvalue weighted by atomic mass is 16.5. The first kappa shape index (κ1) is 67.3. The molecule has 0 saturated heterocycles.